The van der Waals surface area contributed by atoms with Crippen molar-refractivity contribution in [2.75, 3.05) is 12.3 Å². The number of anilines is 1. The summed E-state index contributed by atoms with van der Waals surface area (Å²) in [6.07, 6.45) is 0.889. The lowest BCUT2D eigenvalue weighted by Crippen LogP contribution is -2.15. The van der Waals surface area contributed by atoms with Gasteiger partial charge in [-0.15, -0.1) is 0 Å². The van der Waals surface area contributed by atoms with Gasteiger partial charge in [0.2, 0.25) is 0 Å². The van der Waals surface area contributed by atoms with Crippen LogP contribution < -0.4 is 16.2 Å². The van der Waals surface area contributed by atoms with Crippen molar-refractivity contribution in [3.63, 3.8) is 0 Å². The Labute approximate surface area is 102 Å². The highest BCUT2D eigenvalue weighted by Crippen LogP contribution is 2.24. The smallest absolute Gasteiger partial charge is 0.252 e. The van der Waals surface area contributed by atoms with Gasteiger partial charge >= 0.3 is 0 Å². The number of benzene rings is 1. The van der Waals surface area contributed by atoms with Crippen molar-refractivity contribution in [3.8, 4) is 5.75 Å². The molecule has 1 rings (SSSR count). The lowest BCUT2D eigenvalue weighted by molar-refractivity contribution is 0.0996. The third-order valence-electron chi connectivity index (χ3n) is 2.38. The SMILES string of the molecule is CC(C)(C)CCOc1cc(N)ccc1C(N)=O. The van der Waals surface area contributed by atoms with E-state index >= 15 is 0 Å². The Hall–Kier alpha value is -1.71. The van der Waals surface area contributed by atoms with Gasteiger partial charge in [0.15, 0.2) is 0 Å². The highest BCUT2D eigenvalue weighted by Gasteiger charge is 2.13. The second kappa shape index (κ2) is 5.08. The average Bonchev–Trinajstić information content (AvgIpc) is 2.15. The van der Waals surface area contributed by atoms with E-state index in [-0.39, 0.29) is 5.41 Å². The largest absolute Gasteiger partial charge is 0.493 e. The second-order valence-electron chi connectivity index (χ2n) is 5.28. The van der Waals surface area contributed by atoms with Crippen molar-refractivity contribution in [3.05, 3.63) is 23.8 Å². The Bertz CT molecular complexity index is 408. The van der Waals surface area contributed by atoms with Crippen LogP contribution in [0.3, 0.4) is 0 Å². The molecule has 0 saturated heterocycles. The number of hydrogen-bond donors (Lipinski definition) is 2. The van der Waals surface area contributed by atoms with Crippen LogP contribution in [0.25, 0.3) is 0 Å². The van der Waals surface area contributed by atoms with E-state index in [1.807, 2.05) is 0 Å². The monoisotopic (exact) mass is 236 g/mol. The molecule has 4 heteroatoms. The number of hydrogen-bond acceptors (Lipinski definition) is 3. The first kappa shape index (κ1) is 13.4. The lowest BCUT2D eigenvalue weighted by atomic mass is 9.93. The van der Waals surface area contributed by atoms with Crippen LogP contribution in [0, 0.1) is 5.41 Å². The minimum absolute atomic E-state index is 0.188. The summed E-state index contributed by atoms with van der Waals surface area (Å²) in [6, 6.07) is 4.85. The predicted molar refractivity (Wildman–Crippen MR) is 68.9 cm³/mol. The number of primary amides is 1. The van der Waals surface area contributed by atoms with Gasteiger partial charge < -0.3 is 16.2 Å². The summed E-state index contributed by atoms with van der Waals surface area (Å²) >= 11 is 0. The van der Waals surface area contributed by atoms with Gasteiger partial charge in [-0.3, -0.25) is 4.79 Å². The van der Waals surface area contributed by atoms with Crippen molar-refractivity contribution in [2.24, 2.45) is 11.1 Å². The maximum absolute atomic E-state index is 11.2. The van der Waals surface area contributed by atoms with Gasteiger partial charge in [0.05, 0.1) is 12.2 Å². The maximum atomic E-state index is 11.2. The molecule has 17 heavy (non-hydrogen) atoms. The Kier molecular flexibility index (Phi) is 3.99. The van der Waals surface area contributed by atoms with Gasteiger partial charge in [0.25, 0.3) is 5.91 Å². The molecule has 94 valence electrons. The van der Waals surface area contributed by atoms with Gasteiger partial charge in [0, 0.05) is 11.8 Å². The zero-order chi connectivity index (χ0) is 13.1. The number of nitrogen functional groups attached to an aromatic ring is 1. The summed E-state index contributed by atoms with van der Waals surface area (Å²) in [7, 11) is 0. The van der Waals surface area contributed by atoms with E-state index in [0.29, 0.717) is 23.6 Å². The predicted octanol–water partition coefficient (Wildman–Crippen LogP) is 2.18. The average molecular weight is 236 g/mol. The molecule has 0 aliphatic heterocycles. The van der Waals surface area contributed by atoms with Crippen LogP contribution in [0.4, 0.5) is 5.69 Å². The Morgan fingerprint density at radius 2 is 2.00 bits per heavy atom. The first-order valence-corrected chi connectivity index (χ1v) is 5.62. The number of carbonyl (C=O) groups is 1. The lowest BCUT2D eigenvalue weighted by Gasteiger charge is -2.18. The van der Waals surface area contributed by atoms with Crippen molar-refractivity contribution >= 4 is 11.6 Å². The van der Waals surface area contributed by atoms with Gasteiger partial charge in [-0.25, -0.2) is 0 Å². The van der Waals surface area contributed by atoms with Gasteiger partial charge in [-0.2, -0.15) is 0 Å². The minimum atomic E-state index is -0.504. The fourth-order valence-electron chi connectivity index (χ4n) is 1.33. The minimum Gasteiger partial charge on any atom is -0.493 e. The van der Waals surface area contributed by atoms with Crippen LogP contribution >= 0.6 is 0 Å². The Morgan fingerprint density at radius 1 is 1.35 bits per heavy atom. The Morgan fingerprint density at radius 3 is 2.53 bits per heavy atom. The fourth-order valence-corrected chi connectivity index (χ4v) is 1.33. The zero-order valence-corrected chi connectivity index (χ0v) is 10.6. The van der Waals surface area contributed by atoms with E-state index in [1.54, 1.807) is 18.2 Å². The van der Waals surface area contributed by atoms with E-state index in [4.69, 9.17) is 16.2 Å². The molecule has 1 amide bonds. The molecule has 0 saturated carbocycles. The molecule has 1 aromatic rings. The van der Waals surface area contributed by atoms with Crippen LogP contribution in [0.2, 0.25) is 0 Å². The molecule has 0 heterocycles. The van der Waals surface area contributed by atoms with Crippen molar-refractivity contribution < 1.29 is 9.53 Å². The molecule has 0 spiro atoms. The highest BCUT2D eigenvalue weighted by molar-refractivity contribution is 5.96. The summed E-state index contributed by atoms with van der Waals surface area (Å²) < 4.78 is 5.57. The van der Waals surface area contributed by atoms with Crippen molar-refractivity contribution in [1.82, 2.24) is 0 Å². The van der Waals surface area contributed by atoms with Crippen molar-refractivity contribution in [2.45, 2.75) is 27.2 Å². The van der Waals surface area contributed by atoms with Gasteiger partial charge in [0.1, 0.15) is 5.75 Å². The molecule has 0 bridgehead atoms. The molecule has 1 aromatic carbocycles. The highest BCUT2D eigenvalue weighted by atomic mass is 16.5. The zero-order valence-electron chi connectivity index (χ0n) is 10.6. The molecular formula is C13H20N2O2. The van der Waals surface area contributed by atoms with Crippen LogP contribution in [0.5, 0.6) is 5.75 Å². The van der Waals surface area contributed by atoms with E-state index in [1.165, 1.54) is 0 Å². The van der Waals surface area contributed by atoms with E-state index in [0.717, 1.165) is 6.42 Å². The molecule has 4 nitrogen and oxygen atoms in total. The standard InChI is InChI=1S/C13H20N2O2/c1-13(2,3)6-7-17-11-8-9(14)4-5-10(11)12(15)16/h4-5,8H,6-7,14H2,1-3H3,(H2,15,16). The van der Waals surface area contributed by atoms with E-state index in [9.17, 15) is 4.79 Å². The summed E-state index contributed by atoms with van der Waals surface area (Å²) in [5.74, 6) is -0.0440. The second-order valence-corrected chi connectivity index (χ2v) is 5.28. The number of rotatable bonds is 4. The topological polar surface area (TPSA) is 78.3 Å². The van der Waals surface area contributed by atoms with Crippen LogP contribution in [-0.2, 0) is 0 Å². The number of nitrogens with two attached hydrogens (primary N) is 2. The van der Waals surface area contributed by atoms with Gasteiger partial charge in [-0.1, -0.05) is 20.8 Å². The van der Waals surface area contributed by atoms with Crippen LogP contribution in [0.15, 0.2) is 18.2 Å². The number of ether oxygens (including phenoxy) is 1. The molecule has 0 aliphatic carbocycles. The molecule has 0 radical (unpaired) electrons. The molecule has 0 aliphatic rings. The molecule has 0 fully saturated rings. The van der Waals surface area contributed by atoms with E-state index < -0.39 is 5.91 Å². The first-order chi connectivity index (χ1) is 7.79. The summed E-state index contributed by atoms with van der Waals surface area (Å²) in [4.78, 5) is 11.2. The molecule has 0 unspecified atom stereocenters. The molecule has 0 atom stereocenters. The molecule has 4 N–H and O–H groups in total. The molecule has 0 aromatic heterocycles. The van der Waals surface area contributed by atoms with E-state index in [2.05, 4.69) is 20.8 Å². The quantitative estimate of drug-likeness (QED) is 0.786. The van der Waals surface area contributed by atoms with Crippen molar-refractivity contribution in [1.29, 1.82) is 0 Å². The molecular weight excluding hydrogens is 216 g/mol. The number of amides is 1. The summed E-state index contributed by atoms with van der Waals surface area (Å²) in [5, 5.41) is 0. The first-order valence-electron chi connectivity index (χ1n) is 5.62. The summed E-state index contributed by atoms with van der Waals surface area (Å²) in [6.45, 7) is 6.92. The third kappa shape index (κ3) is 4.34. The Balaban J connectivity index is 2.75. The maximum Gasteiger partial charge on any atom is 0.252 e. The normalized spacial score (nSPS) is 11.2. The van der Waals surface area contributed by atoms with Crippen LogP contribution in [0.1, 0.15) is 37.6 Å². The third-order valence-corrected chi connectivity index (χ3v) is 2.38. The number of carbonyl (C=O) groups excluding carboxylic acids is 1. The van der Waals surface area contributed by atoms with Gasteiger partial charge in [-0.05, 0) is 24.0 Å². The van der Waals surface area contributed by atoms with Crippen LogP contribution in [-0.4, -0.2) is 12.5 Å². The fraction of sp³-hybridized carbons (Fsp3) is 0.462. The summed E-state index contributed by atoms with van der Waals surface area (Å²) in [5.41, 5.74) is 12.0.